The molecule has 0 spiro atoms. The van der Waals surface area contributed by atoms with Gasteiger partial charge >= 0.3 is 0 Å². The Bertz CT molecular complexity index is 614. The summed E-state index contributed by atoms with van der Waals surface area (Å²) in [7, 11) is 1.77. The molecule has 0 saturated heterocycles. The van der Waals surface area contributed by atoms with Gasteiger partial charge in [0.15, 0.2) is 0 Å². The van der Waals surface area contributed by atoms with Crippen LogP contribution in [0.2, 0.25) is 0 Å². The maximum absolute atomic E-state index is 12.7. The lowest BCUT2D eigenvalue weighted by atomic mass is 9.93. The highest BCUT2D eigenvalue weighted by Crippen LogP contribution is 2.18. The number of para-hydroxylation sites is 1. The SMILES string of the molecule is CN(CC(C)(C)CN)C(=O)c1ccccc1-n1cnnn1.Cl. The highest BCUT2D eigenvalue weighted by Gasteiger charge is 2.23. The molecule has 0 fully saturated rings. The number of nitrogens with zero attached hydrogens (tertiary/aromatic N) is 5. The molecule has 120 valence electrons. The first-order chi connectivity index (χ1) is 9.94. The molecule has 22 heavy (non-hydrogen) atoms. The minimum atomic E-state index is -0.131. The first kappa shape index (κ1) is 18.1. The molecule has 1 heterocycles. The number of hydrogen-bond acceptors (Lipinski definition) is 5. The average Bonchev–Trinajstić information content (AvgIpc) is 3.00. The van der Waals surface area contributed by atoms with E-state index in [2.05, 4.69) is 15.5 Å². The number of hydrogen-bond donors (Lipinski definition) is 1. The fraction of sp³-hybridized carbons (Fsp3) is 0.429. The van der Waals surface area contributed by atoms with Crippen LogP contribution < -0.4 is 5.73 Å². The number of halogens is 1. The fourth-order valence-corrected chi connectivity index (χ4v) is 2.11. The lowest BCUT2D eigenvalue weighted by molar-refractivity contribution is 0.0740. The van der Waals surface area contributed by atoms with Gasteiger partial charge in [0.2, 0.25) is 0 Å². The number of carbonyl (C=O) groups is 1. The molecule has 0 aliphatic carbocycles. The van der Waals surface area contributed by atoms with Crippen molar-refractivity contribution in [3.63, 3.8) is 0 Å². The summed E-state index contributed by atoms with van der Waals surface area (Å²) in [5, 5.41) is 11.1. The number of carbonyl (C=O) groups excluding carboxylic acids is 1. The van der Waals surface area contributed by atoms with Crippen molar-refractivity contribution < 1.29 is 4.79 Å². The van der Waals surface area contributed by atoms with Crippen LogP contribution in [0.15, 0.2) is 30.6 Å². The van der Waals surface area contributed by atoms with Crippen molar-refractivity contribution in [1.29, 1.82) is 0 Å². The molecule has 0 saturated carbocycles. The molecule has 0 atom stereocenters. The second-order valence-electron chi connectivity index (χ2n) is 5.80. The second-order valence-corrected chi connectivity index (χ2v) is 5.80. The normalized spacial score (nSPS) is 10.9. The Hall–Kier alpha value is -1.99. The van der Waals surface area contributed by atoms with Gasteiger partial charge in [0.05, 0.1) is 11.3 Å². The van der Waals surface area contributed by atoms with Crippen LogP contribution in [-0.2, 0) is 0 Å². The first-order valence-corrected chi connectivity index (χ1v) is 6.72. The van der Waals surface area contributed by atoms with E-state index in [4.69, 9.17) is 5.73 Å². The van der Waals surface area contributed by atoms with Crippen LogP contribution in [0.3, 0.4) is 0 Å². The molecule has 2 aromatic rings. The van der Waals surface area contributed by atoms with E-state index in [-0.39, 0.29) is 23.7 Å². The maximum Gasteiger partial charge on any atom is 0.255 e. The minimum absolute atomic E-state index is 0. The van der Waals surface area contributed by atoms with Crippen molar-refractivity contribution in [2.24, 2.45) is 11.1 Å². The Kier molecular flexibility index (Phi) is 6.01. The second kappa shape index (κ2) is 7.33. The molecule has 1 aromatic carbocycles. The summed E-state index contributed by atoms with van der Waals surface area (Å²) >= 11 is 0. The molecule has 2 rings (SSSR count). The number of rotatable bonds is 5. The largest absolute Gasteiger partial charge is 0.341 e. The summed E-state index contributed by atoms with van der Waals surface area (Å²) in [5.74, 6) is -0.0809. The quantitative estimate of drug-likeness (QED) is 0.890. The van der Waals surface area contributed by atoms with E-state index in [1.54, 1.807) is 18.0 Å². The zero-order valence-corrected chi connectivity index (χ0v) is 13.7. The third-order valence-electron chi connectivity index (χ3n) is 3.29. The molecule has 0 unspecified atom stereocenters. The standard InChI is InChI=1S/C14H20N6O.ClH/c1-14(2,8-15)9-19(3)13(21)11-6-4-5-7-12(11)20-10-16-17-18-20;/h4-7,10H,8-9,15H2,1-3H3;1H. The molecule has 1 aromatic heterocycles. The molecule has 0 aliphatic rings. The highest BCUT2D eigenvalue weighted by atomic mass is 35.5. The number of amides is 1. The number of nitrogens with two attached hydrogens (primary N) is 1. The minimum Gasteiger partial charge on any atom is -0.341 e. The van der Waals surface area contributed by atoms with Gasteiger partial charge in [-0.15, -0.1) is 17.5 Å². The molecule has 8 heteroatoms. The van der Waals surface area contributed by atoms with Crippen molar-refractivity contribution in [2.75, 3.05) is 20.1 Å². The Morgan fingerprint density at radius 3 is 2.64 bits per heavy atom. The van der Waals surface area contributed by atoms with Gasteiger partial charge in [-0.05, 0) is 34.5 Å². The van der Waals surface area contributed by atoms with Crippen molar-refractivity contribution in [1.82, 2.24) is 25.1 Å². The van der Waals surface area contributed by atoms with Crippen molar-refractivity contribution in [2.45, 2.75) is 13.8 Å². The summed E-state index contributed by atoms with van der Waals surface area (Å²) in [6.07, 6.45) is 1.47. The van der Waals surface area contributed by atoms with Crippen LogP contribution in [-0.4, -0.2) is 51.2 Å². The van der Waals surface area contributed by atoms with Crippen LogP contribution in [0.4, 0.5) is 0 Å². The Labute approximate surface area is 135 Å². The van der Waals surface area contributed by atoms with Crippen molar-refractivity contribution >= 4 is 18.3 Å². The summed E-state index contributed by atoms with van der Waals surface area (Å²) in [5.41, 5.74) is 6.81. The third kappa shape index (κ3) is 4.02. The summed E-state index contributed by atoms with van der Waals surface area (Å²) in [4.78, 5) is 14.3. The lowest BCUT2D eigenvalue weighted by Gasteiger charge is -2.29. The monoisotopic (exact) mass is 324 g/mol. The molecule has 0 aliphatic heterocycles. The smallest absolute Gasteiger partial charge is 0.255 e. The first-order valence-electron chi connectivity index (χ1n) is 6.72. The maximum atomic E-state index is 12.7. The Morgan fingerprint density at radius 2 is 2.05 bits per heavy atom. The van der Waals surface area contributed by atoms with Gasteiger partial charge in [-0.3, -0.25) is 4.79 Å². The third-order valence-corrected chi connectivity index (χ3v) is 3.29. The van der Waals surface area contributed by atoms with E-state index in [0.29, 0.717) is 24.3 Å². The van der Waals surface area contributed by atoms with Crippen LogP contribution in [0, 0.1) is 5.41 Å². The zero-order chi connectivity index (χ0) is 15.5. The molecular formula is C14H21ClN6O. The van der Waals surface area contributed by atoms with Gasteiger partial charge in [-0.2, -0.15) is 4.68 Å². The lowest BCUT2D eigenvalue weighted by Crippen LogP contribution is -2.40. The summed E-state index contributed by atoms with van der Waals surface area (Å²) in [6.45, 7) is 5.15. The Morgan fingerprint density at radius 1 is 1.36 bits per heavy atom. The zero-order valence-electron chi connectivity index (χ0n) is 12.9. The predicted octanol–water partition coefficient (Wildman–Crippen LogP) is 1.14. The van der Waals surface area contributed by atoms with Gasteiger partial charge in [0.1, 0.15) is 6.33 Å². The highest BCUT2D eigenvalue weighted by molar-refractivity contribution is 5.97. The number of benzene rings is 1. The van der Waals surface area contributed by atoms with E-state index in [9.17, 15) is 4.79 Å². The number of aromatic nitrogens is 4. The van der Waals surface area contributed by atoms with E-state index in [1.165, 1.54) is 11.0 Å². The molecular weight excluding hydrogens is 304 g/mol. The van der Waals surface area contributed by atoms with E-state index in [1.807, 2.05) is 32.0 Å². The predicted molar refractivity (Wildman–Crippen MR) is 86.2 cm³/mol. The average molecular weight is 325 g/mol. The van der Waals surface area contributed by atoms with Crippen LogP contribution in [0.1, 0.15) is 24.2 Å². The number of tetrazole rings is 1. The van der Waals surface area contributed by atoms with Gasteiger partial charge in [-0.25, -0.2) is 0 Å². The van der Waals surface area contributed by atoms with Crippen LogP contribution >= 0.6 is 12.4 Å². The van der Waals surface area contributed by atoms with Gasteiger partial charge in [-0.1, -0.05) is 26.0 Å². The fourth-order valence-electron chi connectivity index (χ4n) is 2.11. The van der Waals surface area contributed by atoms with E-state index < -0.39 is 0 Å². The van der Waals surface area contributed by atoms with Crippen LogP contribution in [0.25, 0.3) is 5.69 Å². The Balaban J connectivity index is 0.00000242. The van der Waals surface area contributed by atoms with E-state index >= 15 is 0 Å². The van der Waals surface area contributed by atoms with Crippen molar-refractivity contribution in [3.8, 4) is 5.69 Å². The molecule has 0 radical (unpaired) electrons. The van der Waals surface area contributed by atoms with Gasteiger partial charge in [0.25, 0.3) is 5.91 Å². The molecule has 1 amide bonds. The van der Waals surface area contributed by atoms with Crippen LogP contribution in [0.5, 0.6) is 0 Å². The molecule has 0 bridgehead atoms. The van der Waals surface area contributed by atoms with E-state index in [0.717, 1.165) is 0 Å². The molecule has 2 N–H and O–H groups in total. The summed E-state index contributed by atoms with van der Waals surface area (Å²) < 4.78 is 1.48. The van der Waals surface area contributed by atoms with Gasteiger partial charge in [0, 0.05) is 13.6 Å². The van der Waals surface area contributed by atoms with Gasteiger partial charge < -0.3 is 10.6 Å². The topological polar surface area (TPSA) is 89.9 Å². The molecule has 7 nitrogen and oxygen atoms in total. The summed E-state index contributed by atoms with van der Waals surface area (Å²) in [6, 6.07) is 7.25. The van der Waals surface area contributed by atoms with Crippen molar-refractivity contribution in [3.05, 3.63) is 36.2 Å².